The van der Waals surface area contributed by atoms with Crippen molar-refractivity contribution >= 4 is 17.7 Å². The number of carbonyl (C=O) groups is 1. The van der Waals surface area contributed by atoms with Crippen LogP contribution in [0.2, 0.25) is 0 Å². The molecular formula is C21H19NO2S. The molecule has 1 aromatic heterocycles. The molecule has 0 bridgehead atoms. The highest BCUT2D eigenvalue weighted by atomic mass is 32.2. The van der Waals surface area contributed by atoms with E-state index < -0.39 is 5.97 Å². The second kappa shape index (κ2) is 7.16. The van der Waals surface area contributed by atoms with E-state index in [-0.39, 0.29) is 5.41 Å². The number of pyridine rings is 1. The van der Waals surface area contributed by atoms with Gasteiger partial charge in [-0.1, -0.05) is 26.3 Å². The van der Waals surface area contributed by atoms with E-state index in [0.29, 0.717) is 11.3 Å². The van der Waals surface area contributed by atoms with Crippen LogP contribution in [0.25, 0.3) is 0 Å². The van der Waals surface area contributed by atoms with Crippen molar-refractivity contribution in [2.45, 2.75) is 30.6 Å². The maximum Gasteiger partial charge on any atom is 0.344 e. The van der Waals surface area contributed by atoms with Crippen molar-refractivity contribution in [3.8, 4) is 11.8 Å². The van der Waals surface area contributed by atoms with Gasteiger partial charge in [0.15, 0.2) is 0 Å². The average Bonchev–Trinajstić information content (AvgIpc) is 2.61. The fourth-order valence-electron chi connectivity index (χ4n) is 2.68. The molecule has 1 aromatic carbocycles. The first-order valence-electron chi connectivity index (χ1n) is 8.07. The molecule has 4 heteroatoms. The van der Waals surface area contributed by atoms with Crippen LogP contribution in [-0.2, 0) is 10.2 Å². The topological polar surface area (TPSA) is 39.2 Å². The van der Waals surface area contributed by atoms with Gasteiger partial charge in [-0.15, -0.1) is 11.8 Å². The number of hydrogen-bond acceptors (Lipinski definition) is 4. The Hall–Kier alpha value is -2.51. The quantitative estimate of drug-likeness (QED) is 0.453. The summed E-state index contributed by atoms with van der Waals surface area (Å²) in [4.78, 5) is 17.1. The number of nitrogens with zero attached hydrogens (tertiary/aromatic N) is 1. The van der Waals surface area contributed by atoms with Crippen LogP contribution in [0.15, 0.2) is 54.3 Å². The van der Waals surface area contributed by atoms with Gasteiger partial charge in [0.2, 0.25) is 0 Å². The third-order valence-electron chi connectivity index (χ3n) is 4.22. The smallest absolute Gasteiger partial charge is 0.344 e. The monoisotopic (exact) mass is 349 g/mol. The van der Waals surface area contributed by atoms with Crippen molar-refractivity contribution in [1.29, 1.82) is 0 Å². The maximum absolute atomic E-state index is 11.6. The van der Waals surface area contributed by atoms with Gasteiger partial charge in [-0.05, 0) is 59.4 Å². The summed E-state index contributed by atoms with van der Waals surface area (Å²) in [5.74, 6) is 6.91. The molecule has 0 saturated carbocycles. The number of carbonyl (C=O) groups excluding carboxylic acids is 1. The molecule has 126 valence electrons. The SMILES string of the molecule is C=COC(=O)c1ccc(C#Cc2ccc3c(c2)C(C)(C)CCS3)nc1. The van der Waals surface area contributed by atoms with Crippen LogP contribution in [0, 0.1) is 11.8 Å². The van der Waals surface area contributed by atoms with Gasteiger partial charge in [0.05, 0.1) is 11.8 Å². The predicted molar refractivity (Wildman–Crippen MR) is 101 cm³/mol. The van der Waals surface area contributed by atoms with Crippen LogP contribution in [-0.4, -0.2) is 16.7 Å². The van der Waals surface area contributed by atoms with Crippen molar-refractivity contribution in [2.75, 3.05) is 5.75 Å². The first kappa shape index (κ1) is 17.3. The van der Waals surface area contributed by atoms with E-state index in [4.69, 9.17) is 4.74 Å². The predicted octanol–water partition coefficient (Wildman–Crippen LogP) is 4.56. The Balaban J connectivity index is 1.82. The van der Waals surface area contributed by atoms with Crippen molar-refractivity contribution in [2.24, 2.45) is 0 Å². The van der Waals surface area contributed by atoms with Crippen LogP contribution in [0.3, 0.4) is 0 Å². The fraction of sp³-hybridized carbons (Fsp3) is 0.238. The Bertz CT molecular complexity index is 873. The number of aromatic nitrogens is 1. The number of hydrogen-bond donors (Lipinski definition) is 0. The number of thioether (sulfide) groups is 1. The standard InChI is InChI=1S/C21H19NO2S/c1-4-24-20(23)16-7-9-17(22-14-16)8-5-15-6-10-19-18(13-15)21(2,3)11-12-25-19/h4,6-7,9-10,13-14H,1,11-12H2,2-3H3. The molecule has 0 unspecified atom stereocenters. The summed E-state index contributed by atoms with van der Waals surface area (Å²) in [6.45, 7) is 7.93. The molecule has 2 aromatic rings. The molecule has 0 fully saturated rings. The Morgan fingerprint density at radius 2 is 2.16 bits per heavy atom. The van der Waals surface area contributed by atoms with Crippen molar-refractivity contribution in [3.05, 3.63) is 71.8 Å². The molecule has 0 amide bonds. The summed E-state index contributed by atoms with van der Waals surface area (Å²) < 4.78 is 4.72. The van der Waals surface area contributed by atoms with Crippen molar-refractivity contribution in [3.63, 3.8) is 0 Å². The van der Waals surface area contributed by atoms with E-state index >= 15 is 0 Å². The Kier molecular flexibility index (Phi) is 4.96. The zero-order valence-corrected chi connectivity index (χ0v) is 15.2. The second-order valence-electron chi connectivity index (χ2n) is 6.45. The molecule has 0 N–H and O–H groups in total. The van der Waals surface area contributed by atoms with Gasteiger partial charge in [-0.3, -0.25) is 0 Å². The molecule has 0 aliphatic carbocycles. The average molecular weight is 349 g/mol. The second-order valence-corrected chi connectivity index (χ2v) is 7.58. The van der Waals surface area contributed by atoms with Gasteiger partial charge in [0, 0.05) is 16.7 Å². The van der Waals surface area contributed by atoms with Crippen molar-refractivity contribution < 1.29 is 9.53 Å². The number of ether oxygens (including phenoxy) is 1. The fourth-order valence-corrected chi connectivity index (χ4v) is 4.17. The molecule has 3 rings (SSSR count). The van der Waals surface area contributed by atoms with E-state index in [9.17, 15) is 4.79 Å². The molecule has 25 heavy (non-hydrogen) atoms. The molecule has 1 aliphatic heterocycles. The molecule has 0 atom stereocenters. The first-order chi connectivity index (χ1) is 12.0. The third-order valence-corrected chi connectivity index (χ3v) is 5.29. The summed E-state index contributed by atoms with van der Waals surface area (Å²) in [5.41, 5.74) is 3.51. The largest absolute Gasteiger partial charge is 0.431 e. The van der Waals surface area contributed by atoms with Gasteiger partial charge in [0.25, 0.3) is 0 Å². The highest BCUT2D eigenvalue weighted by molar-refractivity contribution is 7.99. The summed E-state index contributed by atoms with van der Waals surface area (Å²) in [5, 5.41) is 0. The molecular weight excluding hydrogens is 330 g/mol. The lowest BCUT2D eigenvalue weighted by Gasteiger charge is -2.32. The van der Waals surface area contributed by atoms with Crippen LogP contribution in [0.5, 0.6) is 0 Å². The summed E-state index contributed by atoms with van der Waals surface area (Å²) >= 11 is 1.91. The van der Waals surface area contributed by atoms with E-state index in [2.05, 4.69) is 55.5 Å². The molecule has 0 saturated heterocycles. The highest BCUT2D eigenvalue weighted by Crippen LogP contribution is 2.41. The maximum atomic E-state index is 11.6. The third kappa shape index (κ3) is 3.94. The van der Waals surface area contributed by atoms with Gasteiger partial charge in [-0.2, -0.15) is 0 Å². The Morgan fingerprint density at radius 3 is 2.88 bits per heavy atom. The minimum absolute atomic E-state index is 0.184. The van der Waals surface area contributed by atoms with Gasteiger partial charge in [-0.25, -0.2) is 9.78 Å². The lowest BCUT2D eigenvalue weighted by atomic mass is 9.81. The number of rotatable bonds is 2. The zero-order valence-electron chi connectivity index (χ0n) is 14.3. The van der Waals surface area contributed by atoms with Crippen molar-refractivity contribution in [1.82, 2.24) is 4.98 Å². The molecule has 2 heterocycles. The molecule has 1 aliphatic rings. The van der Waals surface area contributed by atoms with Crippen LogP contribution >= 0.6 is 11.8 Å². The molecule has 0 radical (unpaired) electrons. The molecule has 0 spiro atoms. The van der Waals surface area contributed by atoms with E-state index in [1.165, 1.54) is 23.1 Å². The van der Waals surface area contributed by atoms with Crippen LogP contribution < -0.4 is 0 Å². The minimum atomic E-state index is -0.476. The van der Waals surface area contributed by atoms with Gasteiger partial charge < -0.3 is 4.74 Å². The normalized spacial score (nSPS) is 14.6. The lowest BCUT2D eigenvalue weighted by molar-refractivity contribution is 0.0663. The zero-order chi connectivity index (χ0) is 17.9. The Labute approximate surface area is 152 Å². The van der Waals surface area contributed by atoms with Gasteiger partial charge in [0.1, 0.15) is 5.69 Å². The Morgan fingerprint density at radius 1 is 1.32 bits per heavy atom. The van der Waals surface area contributed by atoms with E-state index in [1.807, 2.05) is 11.8 Å². The highest BCUT2D eigenvalue weighted by Gasteiger charge is 2.27. The lowest BCUT2D eigenvalue weighted by Crippen LogP contribution is -2.22. The summed E-state index contributed by atoms with van der Waals surface area (Å²) in [7, 11) is 0. The number of fused-ring (bicyclic) bond motifs is 1. The van der Waals surface area contributed by atoms with Gasteiger partial charge >= 0.3 is 5.97 Å². The minimum Gasteiger partial charge on any atom is -0.431 e. The summed E-state index contributed by atoms with van der Waals surface area (Å²) in [6, 6.07) is 9.76. The molecule has 3 nitrogen and oxygen atoms in total. The summed E-state index contributed by atoms with van der Waals surface area (Å²) in [6.07, 6.45) is 3.74. The number of benzene rings is 1. The first-order valence-corrected chi connectivity index (χ1v) is 9.05. The van der Waals surface area contributed by atoms with Crippen LogP contribution in [0.4, 0.5) is 0 Å². The van der Waals surface area contributed by atoms with E-state index in [0.717, 1.165) is 17.6 Å². The van der Waals surface area contributed by atoms with Crippen LogP contribution in [0.1, 0.15) is 47.4 Å². The number of esters is 1. The van der Waals surface area contributed by atoms with E-state index in [1.54, 1.807) is 12.1 Å².